The van der Waals surface area contributed by atoms with Gasteiger partial charge in [-0.2, -0.15) is 0 Å². The second kappa shape index (κ2) is 7.60. The van der Waals surface area contributed by atoms with Crippen molar-refractivity contribution in [2.75, 3.05) is 29.9 Å². The molecule has 0 bridgehead atoms. The van der Waals surface area contributed by atoms with E-state index in [9.17, 15) is 9.59 Å². The van der Waals surface area contributed by atoms with Crippen molar-refractivity contribution in [2.24, 2.45) is 0 Å². The van der Waals surface area contributed by atoms with Crippen molar-refractivity contribution in [2.45, 2.75) is 26.2 Å². The molecule has 136 valence electrons. The first-order chi connectivity index (χ1) is 12.5. The van der Waals surface area contributed by atoms with Crippen LogP contribution < -0.4 is 15.1 Å². The summed E-state index contributed by atoms with van der Waals surface area (Å²) in [5, 5.41) is 2.84. The number of rotatable bonds is 4. The molecular formula is C21H25N3O2. The number of benzene rings is 2. The highest BCUT2D eigenvalue weighted by atomic mass is 16.2. The van der Waals surface area contributed by atoms with Crippen LogP contribution in [0.1, 0.15) is 42.1 Å². The molecule has 0 aromatic heterocycles. The fraction of sp³-hybridized carbons (Fsp3) is 0.333. The summed E-state index contributed by atoms with van der Waals surface area (Å²) in [6, 6.07) is 15.1. The summed E-state index contributed by atoms with van der Waals surface area (Å²) in [7, 11) is 1.80. The van der Waals surface area contributed by atoms with Gasteiger partial charge in [-0.15, -0.1) is 0 Å². The number of hydrogen-bond acceptors (Lipinski definition) is 2. The molecule has 5 nitrogen and oxygen atoms in total. The lowest BCUT2D eigenvalue weighted by atomic mass is 10.00. The number of para-hydroxylation sites is 1. The number of amides is 3. The van der Waals surface area contributed by atoms with Gasteiger partial charge in [-0.1, -0.05) is 38.1 Å². The van der Waals surface area contributed by atoms with Crippen LogP contribution in [0.15, 0.2) is 48.5 Å². The predicted octanol–water partition coefficient (Wildman–Crippen LogP) is 4.01. The molecule has 1 N–H and O–H groups in total. The van der Waals surface area contributed by atoms with Gasteiger partial charge in [0.15, 0.2) is 0 Å². The lowest BCUT2D eigenvalue weighted by Gasteiger charge is -2.28. The van der Waals surface area contributed by atoms with E-state index in [1.807, 2.05) is 30.3 Å². The van der Waals surface area contributed by atoms with E-state index in [2.05, 4.69) is 25.2 Å². The summed E-state index contributed by atoms with van der Waals surface area (Å²) in [5.41, 5.74) is 3.36. The van der Waals surface area contributed by atoms with Crippen molar-refractivity contribution in [1.82, 2.24) is 5.32 Å². The Morgan fingerprint density at radius 1 is 1.15 bits per heavy atom. The Labute approximate surface area is 154 Å². The smallest absolute Gasteiger partial charge is 0.321 e. The third-order valence-electron chi connectivity index (χ3n) is 4.71. The number of nitrogens with one attached hydrogen (secondary N) is 1. The summed E-state index contributed by atoms with van der Waals surface area (Å²) in [6.07, 6.45) is 0.894. The Kier molecular flexibility index (Phi) is 5.26. The average molecular weight is 351 g/mol. The Morgan fingerprint density at radius 2 is 1.92 bits per heavy atom. The molecule has 1 aliphatic heterocycles. The number of carbonyl (C=O) groups is 2. The Balaban J connectivity index is 1.88. The molecule has 1 saturated heterocycles. The predicted molar refractivity (Wildman–Crippen MR) is 105 cm³/mol. The molecule has 2 aromatic rings. The van der Waals surface area contributed by atoms with Crippen LogP contribution in [0.5, 0.6) is 0 Å². The van der Waals surface area contributed by atoms with Gasteiger partial charge in [0, 0.05) is 37.1 Å². The number of hydrogen-bond donors (Lipinski definition) is 1. The van der Waals surface area contributed by atoms with Crippen LogP contribution >= 0.6 is 0 Å². The minimum Gasteiger partial charge on any atom is -0.338 e. The van der Waals surface area contributed by atoms with Crippen LogP contribution in [0.3, 0.4) is 0 Å². The first kappa shape index (κ1) is 18.0. The van der Waals surface area contributed by atoms with Crippen molar-refractivity contribution in [1.29, 1.82) is 0 Å². The molecule has 0 radical (unpaired) electrons. The van der Waals surface area contributed by atoms with Crippen molar-refractivity contribution < 1.29 is 9.59 Å². The molecule has 3 amide bonds. The fourth-order valence-electron chi connectivity index (χ4n) is 3.27. The van der Waals surface area contributed by atoms with E-state index in [1.54, 1.807) is 29.0 Å². The Hall–Kier alpha value is -2.82. The van der Waals surface area contributed by atoms with Gasteiger partial charge in [0.1, 0.15) is 0 Å². The highest BCUT2D eigenvalue weighted by molar-refractivity contribution is 6.07. The Morgan fingerprint density at radius 3 is 2.65 bits per heavy atom. The third-order valence-corrected chi connectivity index (χ3v) is 4.71. The number of nitrogens with zero attached hydrogens (tertiary/aromatic N) is 2. The summed E-state index contributed by atoms with van der Waals surface area (Å²) in [5.74, 6) is 0.238. The zero-order valence-corrected chi connectivity index (χ0v) is 15.5. The maximum absolute atomic E-state index is 13.0. The highest BCUT2D eigenvalue weighted by Gasteiger charge is 2.22. The van der Waals surface area contributed by atoms with Crippen LogP contribution in [0, 0.1) is 0 Å². The van der Waals surface area contributed by atoms with Gasteiger partial charge in [-0.05, 0) is 42.2 Å². The minimum absolute atomic E-state index is 0.0858. The molecule has 3 rings (SSSR count). The van der Waals surface area contributed by atoms with Gasteiger partial charge in [0.25, 0.3) is 5.91 Å². The molecule has 1 heterocycles. The van der Waals surface area contributed by atoms with Gasteiger partial charge < -0.3 is 10.2 Å². The van der Waals surface area contributed by atoms with Crippen LogP contribution in [-0.2, 0) is 0 Å². The van der Waals surface area contributed by atoms with Gasteiger partial charge in [0.2, 0.25) is 0 Å². The van der Waals surface area contributed by atoms with E-state index < -0.39 is 0 Å². The van der Waals surface area contributed by atoms with Crippen LogP contribution in [0.4, 0.5) is 16.2 Å². The standard InChI is InChI=1S/C21H25N3O2/c1-15(2)18-10-4-5-11-19(18)23(3)20(25)16-8-6-9-17(14-16)24-13-7-12-22-21(24)26/h4-6,8-11,14-15H,7,12-13H2,1-3H3,(H,22,26). The molecule has 0 saturated carbocycles. The van der Waals surface area contributed by atoms with Crippen molar-refractivity contribution >= 4 is 23.3 Å². The zero-order valence-electron chi connectivity index (χ0n) is 15.5. The molecule has 1 aliphatic rings. The molecule has 0 spiro atoms. The van der Waals surface area contributed by atoms with E-state index in [-0.39, 0.29) is 11.9 Å². The van der Waals surface area contributed by atoms with Gasteiger partial charge in [0.05, 0.1) is 0 Å². The van der Waals surface area contributed by atoms with E-state index in [1.165, 1.54) is 0 Å². The summed E-state index contributed by atoms with van der Waals surface area (Å²) < 4.78 is 0. The second-order valence-corrected chi connectivity index (χ2v) is 6.87. The SMILES string of the molecule is CC(C)c1ccccc1N(C)C(=O)c1cccc(N2CCCNC2=O)c1. The lowest BCUT2D eigenvalue weighted by molar-refractivity contribution is 0.0992. The van der Waals surface area contributed by atoms with E-state index in [0.29, 0.717) is 24.6 Å². The van der Waals surface area contributed by atoms with E-state index >= 15 is 0 Å². The van der Waals surface area contributed by atoms with Crippen LogP contribution in [-0.4, -0.2) is 32.1 Å². The van der Waals surface area contributed by atoms with Gasteiger partial charge in [-0.3, -0.25) is 9.69 Å². The molecule has 5 heteroatoms. The van der Waals surface area contributed by atoms with Crippen LogP contribution in [0.25, 0.3) is 0 Å². The number of anilines is 2. The highest BCUT2D eigenvalue weighted by Crippen LogP contribution is 2.28. The first-order valence-corrected chi connectivity index (χ1v) is 9.01. The lowest BCUT2D eigenvalue weighted by Crippen LogP contribution is -2.46. The average Bonchev–Trinajstić information content (AvgIpc) is 2.67. The largest absolute Gasteiger partial charge is 0.338 e. The molecule has 2 aromatic carbocycles. The van der Waals surface area contributed by atoms with Crippen LogP contribution in [0.2, 0.25) is 0 Å². The van der Waals surface area contributed by atoms with E-state index in [0.717, 1.165) is 23.4 Å². The van der Waals surface area contributed by atoms with E-state index in [4.69, 9.17) is 0 Å². The molecule has 26 heavy (non-hydrogen) atoms. The number of urea groups is 1. The summed E-state index contributed by atoms with van der Waals surface area (Å²) in [6.45, 7) is 5.59. The minimum atomic E-state index is -0.112. The molecule has 0 unspecified atom stereocenters. The van der Waals surface area contributed by atoms with Crippen molar-refractivity contribution in [3.05, 3.63) is 59.7 Å². The number of carbonyl (C=O) groups excluding carboxylic acids is 2. The summed E-state index contributed by atoms with van der Waals surface area (Å²) >= 11 is 0. The molecule has 1 fully saturated rings. The molecule has 0 atom stereocenters. The van der Waals surface area contributed by atoms with Crippen molar-refractivity contribution in [3.63, 3.8) is 0 Å². The molecular weight excluding hydrogens is 326 g/mol. The maximum atomic E-state index is 13.0. The fourth-order valence-corrected chi connectivity index (χ4v) is 3.27. The second-order valence-electron chi connectivity index (χ2n) is 6.87. The zero-order chi connectivity index (χ0) is 18.7. The monoisotopic (exact) mass is 351 g/mol. The van der Waals surface area contributed by atoms with Gasteiger partial charge >= 0.3 is 6.03 Å². The third kappa shape index (κ3) is 3.57. The quantitative estimate of drug-likeness (QED) is 0.905. The normalized spacial score (nSPS) is 14.3. The summed E-state index contributed by atoms with van der Waals surface area (Å²) in [4.78, 5) is 28.5. The van der Waals surface area contributed by atoms with Crippen molar-refractivity contribution in [3.8, 4) is 0 Å². The Bertz CT molecular complexity index is 816. The van der Waals surface area contributed by atoms with Gasteiger partial charge in [-0.25, -0.2) is 4.79 Å². The first-order valence-electron chi connectivity index (χ1n) is 9.01. The molecule has 0 aliphatic carbocycles. The topological polar surface area (TPSA) is 52.7 Å². The maximum Gasteiger partial charge on any atom is 0.321 e.